The van der Waals surface area contributed by atoms with E-state index in [1.54, 1.807) is 0 Å². The summed E-state index contributed by atoms with van der Waals surface area (Å²) in [5.74, 6) is 0. The predicted molar refractivity (Wildman–Crippen MR) is 103 cm³/mol. The number of aryl methyl sites for hydroxylation is 2. The zero-order valence-corrected chi connectivity index (χ0v) is 16.3. The summed E-state index contributed by atoms with van der Waals surface area (Å²) in [6.07, 6.45) is 0. The fraction of sp³-hybridized carbons (Fsp3) is 0.235. The molecule has 0 saturated heterocycles. The minimum Gasteiger partial charge on any atom is -0.255 e. The van der Waals surface area contributed by atoms with Gasteiger partial charge < -0.3 is 0 Å². The molecule has 3 aromatic rings. The Morgan fingerprint density at radius 2 is 1.58 bits per heavy atom. The average Bonchev–Trinajstić information content (AvgIpc) is 2.86. The van der Waals surface area contributed by atoms with Crippen molar-refractivity contribution in [3.8, 4) is 0 Å². The van der Waals surface area contributed by atoms with Crippen LogP contribution in [0.25, 0.3) is 10.2 Å². The van der Waals surface area contributed by atoms with E-state index in [4.69, 9.17) is 0 Å². The second kappa shape index (κ2) is 6.70. The first-order valence-corrected chi connectivity index (χ1v) is 9.55. The maximum Gasteiger partial charge on any atom is 0.264 e. The van der Waals surface area contributed by atoms with E-state index < -0.39 is 10.0 Å². The zero-order valence-electron chi connectivity index (χ0n) is 13.9. The number of para-hydroxylation sites is 1. The van der Waals surface area contributed by atoms with Gasteiger partial charge >= 0.3 is 0 Å². The first-order chi connectivity index (χ1) is 10.8. The van der Waals surface area contributed by atoms with Gasteiger partial charge in [0.1, 0.15) is 0 Å². The Labute approximate surface area is 152 Å². The lowest BCUT2D eigenvalue weighted by atomic mass is 10.0. The van der Waals surface area contributed by atoms with Crippen molar-refractivity contribution in [1.29, 1.82) is 0 Å². The van der Waals surface area contributed by atoms with E-state index in [-0.39, 0.29) is 12.4 Å². The van der Waals surface area contributed by atoms with Gasteiger partial charge in [0.2, 0.25) is 0 Å². The Morgan fingerprint density at radius 1 is 1.00 bits per heavy atom. The van der Waals surface area contributed by atoms with E-state index in [1.165, 1.54) is 11.3 Å². The van der Waals surface area contributed by atoms with Crippen LogP contribution in [0.4, 0.5) is 5.13 Å². The maximum absolute atomic E-state index is 12.9. The molecule has 0 atom stereocenters. The number of fused-ring (bicyclic) bond motifs is 1. The molecule has 24 heavy (non-hydrogen) atoms. The number of hydrogen-bond donors (Lipinski definition) is 1. The third-order valence-corrected chi connectivity index (χ3v) is 6.77. The van der Waals surface area contributed by atoms with Crippen LogP contribution in [0.3, 0.4) is 0 Å². The van der Waals surface area contributed by atoms with Gasteiger partial charge in [0, 0.05) is 0 Å². The lowest BCUT2D eigenvalue weighted by molar-refractivity contribution is 0.599. The van der Waals surface area contributed by atoms with Crippen molar-refractivity contribution in [2.45, 2.75) is 32.6 Å². The Hall–Kier alpha value is -1.63. The first kappa shape index (κ1) is 18.7. The molecule has 7 heteroatoms. The van der Waals surface area contributed by atoms with Crippen LogP contribution in [0.1, 0.15) is 22.3 Å². The van der Waals surface area contributed by atoms with Crippen molar-refractivity contribution in [3.05, 3.63) is 52.6 Å². The lowest BCUT2D eigenvalue weighted by Gasteiger charge is -2.15. The fourth-order valence-corrected chi connectivity index (χ4v) is 5.38. The Balaban J connectivity index is 0.00000208. The first-order valence-electron chi connectivity index (χ1n) is 7.25. The molecule has 0 amide bonds. The van der Waals surface area contributed by atoms with Crippen LogP contribution in [-0.2, 0) is 10.0 Å². The molecule has 0 aliphatic rings. The third kappa shape index (κ3) is 3.27. The van der Waals surface area contributed by atoms with Gasteiger partial charge in [0.25, 0.3) is 10.0 Å². The average molecular weight is 383 g/mol. The quantitative estimate of drug-likeness (QED) is 0.710. The van der Waals surface area contributed by atoms with Crippen LogP contribution in [0, 0.1) is 27.7 Å². The predicted octanol–water partition coefficient (Wildman–Crippen LogP) is 4.75. The van der Waals surface area contributed by atoms with Crippen molar-refractivity contribution >= 4 is 49.1 Å². The van der Waals surface area contributed by atoms with Crippen molar-refractivity contribution in [3.63, 3.8) is 0 Å². The zero-order chi connectivity index (χ0) is 16.8. The van der Waals surface area contributed by atoms with Gasteiger partial charge in [0.05, 0.1) is 15.1 Å². The molecular formula is C17H19ClN2O2S2. The molecule has 3 rings (SSSR count). The molecule has 0 spiro atoms. The standard InChI is InChI=1S/C17H18N2O2S2.ClH/c1-10-9-11(2)13(4)16(12(10)3)23(20,21)19-17-18-14-7-5-6-8-15(14)22-17;/h5-9H,1-4H3,(H,18,19);1H. The van der Waals surface area contributed by atoms with Gasteiger partial charge in [-0.2, -0.15) is 0 Å². The Bertz CT molecular complexity index is 952. The smallest absolute Gasteiger partial charge is 0.255 e. The molecule has 1 heterocycles. The molecule has 0 fully saturated rings. The maximum atomic E-state index is 12.9. The second-order valence-corrected chi connectivity index (χ2v) is 8.33. The molecule has 0 aliphatic carbocycles. The van der Waals surface area contributed by atoms with Gasteiger partial charge in [-0.1, -0.05) is 29.5 Å². The number of nitrogens with one attached hydrogen (secondary N) is 1. The van der Waals surface area contributed by atoms with E-state index in [9.17, 15) is 8.42 Å². The molecule has 128 valence electrons. The van der Waals surface area contributed by atoms with Crippen LogP contribution in [0.2, 0.25) is 0 Å². The van der Waals surface area contributed by atoms with E-state index in [1.807, 2.05) is 58.0 Å². The minimum atomic E-state index is -3.67. The molecular weight excluding hydrogens is 364 g/mol. The van der Waals surface area contributed by atoms with E-state index in [2.05, 4.69) is 9.71 Å². The van der Waals surface area contributed by atoms with Gasteiger partial charge in [-0.3, -0.25) is 4.72 Å². The van der Waals surface area contributed by atoms with E-state index >= 15 is 0 Å². The molecule has 1 aromatic heterocycles. The SMILES string of the molecule is Cc1cc(C)c(C)c(S(=O)(=O)Nc2nc3ccccc3s2)c1C.Cl. The molecule has 0 bridgehead atoms. The monoisotopic (exact) mass is 382 g/mol. The third-order valence-electron chi connectivity index (χ3n) is 4.08. The number of hydrogen-bond acceptors (Lipinski definition) is 4. The summed E-state index contributed by atoms with van der Waals surface area (Å²) < 4.78 is 29.4. The fourth-order valence-electron chi connectivity index (χ4n) is 2.67. The largest absolute Gasteiger partial charge is 0.264 e. The second-order valence-electron chi connectivity index (χ2n) is 5.68. The number of halogens is 1. The van der Waals surface area contributed by atoms with E-state index in [0.29, 0.717) is 10.0 Å². The van der Waals surface area contributed by atoms with Gasteiger partial charge in [-0.25, -0.2) is 13.4 Å². The summed E-state index contributed by atoms with van der Waals surface area (Å²) in [6.45, 7) is 7.54. The minimum absolute atomic E-state index is 0. The molecule has 0 radical (unpaired) electrons. The van der Waals surface area contributed by atoms with Crippen LogP contribution < -0.4 is 4.72 Å². The number of nitrogens with zero attached hydrogens (tertiary/aromatic N) is 1. The number of rotatable bonds is 3. The summed E-state index contributed by atoms with van der Waals surface area (Å²) in [5.41, 5.74) is 4.29. The normalized spacial score (nSPS) is 11.3. The molecule has 1 N–H and O–H groups in total. The Kier molecular flexibility index (Phi) is 5.22. The number of thiazole rings is 1. The lowest BCUT2D eigenvalue weighted by Crippen LogP contribution is -2.16. The highest BCUT2D eigenvalue weighted by atomic mass is 35.5. The van der Waals surface area contributed by atoms with Gasteiger partial charge in [0.15, 0.2) is 5.13 Å². The topological polar surface area (TPSA) is 59.1 Å². The molecule has 2 aromatic carbocycles. The van der Waals surface area contributed by atoms with Crippen LogP contribution in [0.5, 0.6) is 0 Å². The van der Waals surface area contributed by atoms with Gasteiger partial charge in [-0.05, 0) is 62.1 Å². The molecule has 4 nitrogen and oxygen atoms in total. The highest BCUT2D eigenvalue weighted by Crippen LogP contribution is 2.31. The van der Waals surface area contributed by atoms with Crippen molar-refractivity contribution < 1.29 is 8.42 Å². The highest BCUT2D eigenvalue weighted by Gasteiger charge is 2.23. The van der Waals surface area contributed by atoms with Crippen LogP contribution >= 0.6 is 23.7 Å². The van der Waals surface area contributed by atoms with Crippen LogP contribution in [0.15, 0.2) is 35.2 Å². The van der Waals surface area contributed by atoms with Crippen molar-refractivity contribution in [2.75, 3.05) is 4.72 Å². The summed E-state index contributed by atoms with van der Waals surface area (Å²) in [4.78, 5) is 4.71. The molecule has 0 unspecified atom stereocenters. The summed E-state index contributed by atoms with van der Waals surface area (Å²) in [7, 11) is -3.67. The van der Waals surface area contributed by atoms with Crippen LogP contribution in [-0.4, -0.2) is 13.4 Å². The highest BCUT2D eigenvalue weighted by molar-refractivity contribution is 7.93. The van der Waals surface area contributed by atoms with E-state index in [0.717, 1.165) is 32.5 Å². The van der Waals surface area contributed by atoms with Crippen molar-refractivity contribution in [2.24, 2.45) is 0 Å². The summed E-state index contributed by atoms with van der Waals surface area (Å²) >= 11 is 1.34. The number of benzene rings is 2. The summed E-state index contributed by atoms with van der Waals surface area (Å²) in [6, 6.07) is 9.62. The van der Waals surface area contributed by atoms with Crippen molar-refractivity contribution in [1.82, 2.24) is 4.98 Å². The molecule has 0 saturated carbocycles. The number of aromatic nitrogens is 1. The number of sulfonamides is 1. The van der Waals surface area contributed by atoms with Gasteiger partial charge in [-0.15, -0.1) is 12.4 Å². The Morgan fingerprint density at radius 3 is 2.17 bits per heavy atom. The molecule has 0 aliphatic heterocycles. The summed E-state index contributed by atoms with van der Waals surface area (Å²) in [5, 5.41) is 0.393. The number of anilines is 1.